The lowest BCUT2D eigenvalue weighted by molar-refractivity contribution is 0.298. The van der Waals surface area contributed by atoms with Crippen molar-refractivity contribution in [3.63, 3.8) is 0 Å². The second-order valence-electron chi connectivity index (χ2n) is 3.72. The summed E-state index contributed by atoms with van der Waals surface area (Å²) in [4.78, 5) is 4.07. The zero-order valence-corrected chi connectivity index (χ0v) is 10.6. The van der Waals surface area contributed by atoms with Crippen LogP contribution in [0.2, 0.25) is 0 Å². The van der Waals surface area contributed by atoms with E-state index < -0.39 is 0 Å². The molecule has 0 fully saturated rings. The number of aromatic nitrogens is 3. The van der Waals surface area contributed by atoms with Crippen molar-refractivity contribution in [2.45, 2.75) is 26.2 Å². The second-order valence-corrected chi connectivity index (χ2v) is 4.24. The third kappa shape index (κ3) is 3.23. The molecular formula is C12H15N3OS. The van der Waals surface area contributed by atoms with E-state index in [9.17, 15) is 0 Å². The molecule has 2 rings (SSSR count). The predicted molar refractivity (Wildman–Crippen MR) is 68.2 cm³/mol. The van der Waals surface area contributed by atoms with Crippen LogP contribution in [0.15, 0.2) is 24.5 Å². The normalized spacial score (nSPS) is 10.4. The summed E-state index contributed by atoms with van der Waals surface area (Å²) >= 11 is 1.17. The van der Waals surface area contributed by atoms with Crippen LogP contribution < -0.4 is 4.74 Å². The molecular weight excluding hydrogens is 234 g/mol. The van der Waals surface area contributed by atoms with E-state index >= 15 is 0 Å². The average molecular weight is 249 g/mol. The maximum absolute atomic E-state index is 5.64. The van der Waals surface area contributed by atoms with Crippen molar-refractivity contribution in [1.29, 1.82) is 0 Å². The largest absolute Gasteiger partial charge is 0.475 e. The lowest BCUT2D eigenvalue weighted by Crippen LogP contribution is -1.98. The Bertz CT molecular complexity index is 444. The van der Waals surface area contributed by atoms with Crippen LogP contribution in [0.4, 0.5) is 0 Å². The molecule has 0 radical (unpaired) electrons. The molecule has 90 valence electrons. The van der Waals surface area contributed by atoms with Crippen molar-refractivity contribution in [1.82, 2.24) is 13.7 Å². The van der Waals surface area contributed by atoms with Gasteiger partial charge in [0.05, 0.1) is 18.3 Å². The summed E-state index contributed by atoms with van der Waals surface area (Å²) < 4.78 is 14.1. The monoisotopic (exact) mass is 249 g/mol. The van der Waals surface area contributed by atoms with Gasteiger partial charge >= 0.3 is 0 Å². The molecule has 17 heavy (non-hydrogen) atoms. The Labute approximate surface area is 105 Å². The van der Waals surface area contributed by atoms with Gasteiger partial charge < -0.3 is 4.74 Å². The molecule has 2 aromatic heterocycles. The van der Waals surface area contributed by atoms with Gasteiger partial charge in [-0.1, -0.05) is 19.8 Å². The van der Waals surface area contributed by atoms with E-state index in [1.54, 1.807) is 12.4 Å². The first-order valence-electron chi connectivity index (χ1n) is 5.77. The molecule has 0 aliphatic heterocycles. The summed E-state index contributed by atoms with van der Waals surface area (Å²) in [5.74, 6) is 0.624. The minimum atomic E-state index is 0.624. The van der Waals surface area contributed by atoms with E-state index in [2.05, 4.69) is 20.7 Å². The lowest BCUT2D eigenvalue weighted by atomic mass is 10.2. The highest BCUT2D eigenvalue weighted by Crippen LogP contribution is 2.26. The summed E-state index contributed by atoms with van der Waals surface area (Å²) in [7, 11) is 0. The Balaban J connectivity index is 2.02. The summed E-state index contributed by atoms with van der Waals surface area (Å²) in [6.07, 6.45) is 6.94. The highest BCUT2D eigenvalue weighted by atomic mass is 32.1. The SMILES string of the molecule is CCCCCOc1nsnc1-c1cccnc1. The number of unbranched alkanes of at least 4 members (excludes halogenated alkanes) is 2. The molecule has 0 aliphatic rings. The average Bonchev–Trinajstić information content (AvgIpc) is 2.84. The Morgan fingerprint density at radius 3 is 3.00 bits per heavy atom. The summed E-state index contributed by atoms with van der Waals surface area (Å²) in [5, 5.41) is 0. The molecule has 0 unspecified atom stereocenters. The van der Waals surface area contributed by atoms with Crippen molar-refractivity contribution in [2.75, 3.05) is 6.61 Å². The van der Waals surface area contributed by atoms with Crippen LogP contribution >= 0.6 is 11.7 Å². The first-order valence-corrected chi connectivity index (χ1v) is 6.50. The van der Waals surface area contributed by atoms with Gasteiger partial charge in [-0.05, 0) is 18.6 Å². The van der Waals surface area contributed by atoms with E-state index in [0.717, 1.165) is 17.7 Å². The topological polar surface area (TPSA) is 47.9 Å². The first-order chi connectivity index (χ1) is 8.42. The summed E-state index contributed by atoms with van der Waals surface area (Å²) in [5.41, 5.74) is 1.74. The molecule has 5 heteroatoms. The molecule has 2 aromatic rings. The fraction of sp³-hybridized carbons (Fsp3) is 0.417. The molecule has 0 saturated heterocycles. The van der Waals surface area contributed by atoms with Crippen LogP contribution in [0.5, 0.6) is 5.88 Å². The van der Waals surface area contributed by atoms with Crippen LogP contribution in [0.3, 0.4) is 0 Å². The first kappa shape index (κ1) is 12.0. The number of rotatable bonds is 6. The summed E-state index contributed by atoms with van der Waals surface area (Å²) in [6.45, 7) is 2.87. The van der Waals surface area contributed by atoms with Gasteiger partial charge in [-0.25, -0.2) is 0 Å². The lowest BCUT2D eigenvalue weighted by Gasteiger charge is -2.03. The van der Waals surface area contributed by atoms with E-state index in [1.165, 1.54) is 24.6 Å². The zero-order chi connectivity index (χ0) is 11.9. The Morgan fingerprint density at radius 1 is 1.29 bits per heavy atom. The number of pyridine rings is 1. The number of hydrogen-bond acceptors (Lipinski definition) is 5. The maximum atomic E-state index is 5.64. The van der Waals surface area contributed by atoms with Crippen LogP contribution in [0.25, 0.3) is 11.3 Å². The van der Waals surface area contributed by atoms with Gasteiger partial charge in [0.1, 0.15) is 5.69 Å². The fourth-order valence-corrected chi connectivity index (χ4v) is 1.99. The van der Waals surface area contributed by atoms with Crippen molar-refractivity contribution in [2.24, 2.45) is 0 Å². The standard InChI is InChI=1S/C12H15N3OS/c1-2-3-4-8-16-12-11(14-17-15-12)10-6-5-7-13-9-10/h5-7,9H,2-4,8H2,1H3. The van der Waals surface area contributed by atoms with Crippen LogP contribution in [0.1, 0.15) is 26.2 Å². The second kappa shape index (κ2) is 6.30. The van der Waals surface area contributed by atoms with Gasteiger partial charge in [-0.3, -0.25) is 4.98 Å². The smallest absolute Gasteiger partial charge is 0.254 e. The highest BCUT2D eigenvalue weighted by molar-refractivity contribution is 6.99. The Kier molecular flexibility index (Phi) is 4.44. The molecule has 4 nitrogen and oxygen atoms in total. The molecule has 0 saturated carbocycles. The van der Waals surface area contributed by atoms with Crippen molar-refractivity contribution < 1.29 is 4.74 Å². The fourth-order valence-electron chi connectivity index (χ4n) is 1.48. The molecule has 0 spiro atoms. The number of nitrogens with zero attached hydrogens (tertiary/aromatic N) is 3. The highest BCUT2D eigenvalue weighted by Gasteiger charge is 2.11. The van der Waals surface area contributed by atoms with E-state index in [4.69, 9.17) is 4.74 Å². The third-order valence-electron chi connectivity index (χ3n) is 2.38. The zero-order valence-electron chi connectivity index (χ0n) is 9.80. The quantitative estimate of drug-likeness (QED) is 0.738. The molecule has 0 atom stereocenters. The van der Waals surface area contributed by atoms with Gasteiger partial charge in [-0.2, -0.15) is 4.37 Å². The van der Waals surface area contributed by atoms with E-state index in [0.29, 0.717) is 12.5 Å². The molecule has 0 aliphatic carbocycles. The molecule has 0 bridgehead atoms. The van der Waals surface area contributed by atoms with E-state index in [1.807, 2.05) is 12.1 Å². The van der Waals surface area contributed by atoms with Crippen LogP contribution in [0, 0.1) is 0 Å². The third-order valence-corrected chi connectivity index (χ3v) is 2.89. The Hall–Kier alpha value is -1.49. The van der Waals surface area contributed by atoms with Crippen LogP contribution in [-0.2, 0) is 0 Å². The minimum absolute atomic E-state index is 0.624. The van der Waals surface area contributed by atoms with Crippen molar-refractivity contribution in [3.8, 4) is 17.1 Å². The van der Waals surface area contributed by atoms with Crippen molar-refractivity contribution >= 4 is 11.7 Å². The minimum Gasteiger partial charge on any atom is -0.475 e. The molecule has 0 N–H and O–H groups in total. The van der Waals surface area contributed by atoms with Gasteiger partial charge in [0.15, 0.2) is 0 Å². The van der Waals surface area contributed by atoms with Crippen molar-refractivity contribution in [3.05, 3.63) is 24.5 Å². The molecule has 2 heterocycles. The summed E-state index contributed by atoms with van der Waals surface area (Å²) in [6, 6.07) is 3.85. The van der Waals surface area contributed by atoms with Gasteiger partial charge in [0, 0.05) is 18.0 Å². The van der Waals surface area contributed by atoms with Crippen LogP contribution in [-0.4, -0.2) is 20.3 Å². The van der Waals surface area contributed by atoms with E-state index in [-0.39, 0.29) is 0 Å². The predicted octanol–water partition coefficient (Wildman–Crippen LogP) is 3.17. The molecule has 0 amide bonds. The number of ether oxygens (including phenoxy) is 1. The maximum Gasteiger partial charge on any atom is 0.254 e. The molecule has 0 aromatic carbocycles. The van der Waals surface area contributed by atoms with Gasteiger partial charge in [0.25, 0.3) is 5.88 Å². The van der Waals surface area contributed by atoms with Gasteiger partial charge in [0.2, 0.25) is 0 Å². The van der Waals surface area contributed by atoms with Gasteiger partial charge in [-0.15, -0.1) is 4.37 Å². The Morgan fingerprint density at radius 2 is 2.24 bits per heavy atom. The number of hydrogen-bond donors (Lipinski definition) is 0.